The Kier molecular flexibility index (Phi) is 5.57. The predicted molar refractivity (Wildman–Crippen MR) is 168 cm³/mol. The van der Waals surface area contributed by atoms with Crippen molar-refractivity contribution in [2.45, 2.75) is 0 Å². The van der Waals surface area contributed by atoms with Crippen molar-refractivity contribution in [3.63, 3.8) is 0 Å². The van der Waals surface area contributed by atoms with Crippen molar-refractivity contribution in [3.05, 3.63) is 139 Å². The van der Waals surface area contributed by atoms with Crippen molar-refractivity contribution in [1.29, 1.82) is 0 Å². The van der Waals surface area contributed by atoms with Crippen LogP contribution in [-0.2, 0) is 0 Å². The Hall–Kier alpha value is -5.00. The van der Waals surface area contributed by atoms with Gasteiger partial charge in [0.25, 0.3) is 0 Å². The number of aromatic nitrogens is 1. The lowest BCUT2D eigenvalue weighted by molar-refractivity contribution is 1.22. The molecule has 39 heavy (non-hydrogen) atoms. The second kappa shape index (κ2) is 9.39. The topological polar surface area (TPSA) is 55.7 Å². The lowest BCUT2D eigenvalue weighted by atomic mass is 10.1. The average molecular weight is 521 g/mol. The highest BCUT2D eigenvalue weighted by Crippen LogP contribution is 2.42. The van der Waals surface area contributed by atoms with Gasteiger partial charge in [-0.05, 0) is 23.8 Å². The number of nitrogens with two attached hydrogens (primary N) is 1. The summed E-state index contributed by atoms with van der Waals surface area (Å²) in [6.07, 6.45) is 0. The van der Waals surface area contributed by atoms with Gasteiger partial charge in [-0.1, -0.05) is 110 Å². The third-order valence-corrected chi connectivity index (χ3v) is 8.21. The summed E-state index contributed by atoms with van der Waals surface area (Å²) in [7, 11) is 0. The molecule has 5 heteroatoms. The summed E-state index contributed by atoms with van der Waals surface area (Å²) in [6.45, 7) is 4.21. The van der Waals surface area contributed by atoms with E-state index < -0.39 is 0 Å². The van der Waals surface area contributed by atoms with Crippen LogP contribution in [0.2, 0.25) is 0 Å². The first-order valence-corrected chi connectivity index (χ1v) is 13.6. The molecule has 0 radical (unpaired) electrons. The zero-order valence-corrected chi connectivity index (χ0v) is 21.9. The molecule has 0 fully saturated rings. The Morgan fingerprint density at radius 2 is 1.26 bits per heavy atom. The van der Waals surface area contributed by atoms with Crippen LogP contribution in [0.3, 0.4) is 0 Å². The summed E-state index contributed by atoms with van der Waals surface area (Å²) in [5.74, 6) is 0.862. The first-order chi connectivity index (χ1) is 19.2. The fourth-order valence-corrected chi connectivity index (χ4v) is 6.46. The number of hydrogen-bond acceptors (Lipinski definition) is 2. The minimum atomic E-state index is 0.352. The smallest absolute Gasteiger partial charge is 0.207 e. The summed E-state index contributed by atoms with van der Waals surface area (Å²) in [5, 5.41) is 4.87. The molecule has 0 aliphatic heterocycles. The maximum absolute atomic E-state index is 6.85. The molecule has 2 N–H and O–H groups in total. The summed E-state index contributed by atoms with van der Waals surface area (Å²) in [6, 6.07) is 41.1. The van der Waals surface area contributed by atoms with Crippen molar-refractivity contribution >= 4 is 70.8 Å². The minimum absolute atomic E-state index is 0.352. The number of hydrogen-bond donors (Lipinski definition) is 1. The summed E-state index contributed by atoms with van der Waals surface area (Å²) >= 11 is 1.82. The van der Waals surface area contributed by atoms with E-state index in [1.165, 1.54) is 25.6 Å². The van der Waals surface area contributed by atoms with E-state index in [9.17, 15) is 0 Å². The van der Waals surface area contributed by atoms with E-state index in [1.54, 1.807) is 0 Å². The first kappa shape index (κ1) is 23.1. The SMILES string of the molecule is C=C(N=C(N=C(N)n1c2ccccc2c2c3sc4ccccc4c3ccc21)c1ccccc1)c1ccccc1. The molecule has 0 unspecified atom stereocenters. The van der Waals surface area contributed by atoms with Gasteiger partial charge in [-0.3, -0.25) is 4.57 Å². The van der Waals surface area contributed by atoms with Gasteiger partial charge >= 0.3 is 0 Å². The maximum atomic E-state index is 6.85. The Bertz CT molecular complexity index is 2080. The second-order valence-electron chi connectivity index (χ2n) is 9.37. The molecule has 0 saturated heterocycles. The number of amidine groups is 1. The van der Waals surface area contributed by atoms with Gasteiger partial charge in [-0.2, -0.15) is 4.99 Å². The quantitative estimate of drug-likeness (QED) is 0.184. The minimum Gasteiger partial charge on any atom is -0.369 e. The van der Waals surface area contributed by atoms with Gasteiger partial charge in [0, 0.05) is 36.5 Å². The van der Waals surface area contributed by atoms with E-state index in [2.05, 4.69) is 61.2 Å². The molecule has 0 bridgehead atoms. The van der Waals surface area contributed by atoms with E-state index >= 15 is 0 Å². The largest absolute Gasteiger partial charge is 0.369 e. The lowest BCUT2D eigenvalue weighted by Gasteiger charge is -2.09. The van der Waals surface area contributed by atoms with Crippen LogP contribution in [0.4, 0.5) is 0 Å². The van der Waals surface area contributed by atoms with Crippen LogP contribution in [0, 0.1) is 0 Å². The number of nitrogens with zero attached hydrogens (tertiary/aromatic N) is 3. The molecular formula is C34H24N4S. The summed E-state index contributed by atoms with van der Waals surface area (Å²) in [5.41, 5.74) is 11.3. The van der Waals surface area contributed by atoms with Crippen LogP contribution in [-0.4, -0.2) is 16.4 Å². The number of para-hydroxylation sites is 1. The standard InChI is InChI=1S/C34H24N4S/c1-22(23-12-4-2-5-13-23)36-33(24-14-6-3-7-15-24)37-34(35)38-28-18-10-8-17-27(28)31-29(38)21-20-26-25-16-9-11-19-30(25)39-32(26)31/h2-21H,1H2,(H2,35,36,37). The lowest BCUT2D eigenvalue weighted by Crippen LogP contribution is -2.24. The normalized spacial score (nSPS) is 12.6. The van der Waals surface area contributed by atoms with Gasteiger partial charge in [0.2, 0.25) is 5.96 Å². The average Bonchev–Trinajstić information content (AvgIpc) is 3.53. The molecule has 0 amide bonds. The fraction of sp³-hybridized carbons (Fsp3) is 0. The molecule has 186 valence electrons. The van der Waals surface area contributed by atoms with Gasteiger partial charge < -0.3 is 5.73 Å². The van der Waals surface area contributed by atoms with Crippen LogP contribution < -0.4 is 5.73 Å². The third kappa shape index (κ3) is 3.92. The maximum Gasteiger partial charge on any atom is 0.207 e. The summed E-state index contributed by atoms with van der Waals surface area (Å²) < 4.78 is 4.57. The molecule has 0 spiro atoms. The molecule has 4 nitrogen and oxygen atoms in total. The van der Waals surface area contributed by atoms with E-state index in [1.807, 2.05) is 82.6 Å². The molecule has 0 aliphatic rings. The number of rotatable bonds is 3. The van der Waals surface area contributed by atoms with Crippen molar-refractivity contribution in [2.24, 2.45) is 15.7 Å². The van der Waals surface area contributed by atoms with Gasteiger partial charge in [-0.15, -0.1) is 11.3 Å². The predicted octanol–water partition coefficient (Wildman–Crippen LogP) is 8.44. The monoisotopic (exact) mass is 520 g/mol. The van der Waals surface area contributed by atoms with Crippen molar-refractivity contribution in [2.75, 3.05) is 0 Å². The molecular weight excluding hydrogens is 496 g/mol. The van der Waals surface area contributed by atoms with Gasteiger partial charge in [0.05, 0.1) is 16.7 Å². The van der Waals surface area contributed by atoms with Gasteiger partial charge in [0.1, 0.15) is 0 Å². The molecule has 2 heterocycles. The zero-order valence-electron chi connectivity index (χ0n) is 21.1. The molecule has 0 atom stereocenters. The highest BCUT2D eigenvalue weighted by Gasteiger charge is 2.18. The van der Waals surface area contributed by atoms with E-state index in [0.717, 1.165) is 27.5 Å². The van der Waals surface area contributed by atoms with Crippen LogP contribution in [0.1, 0.15) is 11.1 Å². The Morgan fingerprint density at radius 1 is 0.615 bits per heavy atom. The van der Waals surface area contributed by atoms with Gasteiger partial charge in [-0.25, -0.2) is 4.99 Å². The Labute approximate surface area is 229 Å². The van der Waals surface area contributed by atoms with E-state index in [-0.39, 0.29) is 0 Å². The molecule has 7 aromatic rings. The van der Waals surface area contributed by atoms with Gasteiger partial charge in [0.15, 0.2) is 5.84 Å². The van der Waals surface area contributed by atoms with E-state index in [0.29, 0.717) is 17.5 Å². The van der Waals surface area contributed by atoms with Crippen molar-refractivity contribution in [3.8, 4) is 0 Å². The number of fused-ring (bicyclic) bond motifs is 7. The molecule has 0 aliphatic carbocycles. The molecule has 7 rings (SSSR count). The highest BCUT2D eigenvalue weighted by molar-refractivity contribution is 7.26. The molecule has 0 saturated carbocycles. The van der Waals surface area contributed by atoms with E-state index in [4.69, 9.17) is 15.7 Å². The van der Waals surface area contributed by atoms with Crippen LogP contribution in [0.15, 0.2) is 138 Å². The number of benzene rings is 5. The fourth-order valence-electron chi connectivity index (χ4n) is 5.20. The van der Waals surface area contributed by atoms with Crippen LogP contribution in [0.5, 0.6) is 0 Å². The van der Waals surface area contributed by atoms with Crippen molar-refractivity contribution in [1.82, 2.24) is 4.57 Å². The first-order valence-electron chi connectivity index (χ1n) is 12.8. The Morgan fingerprint density at radius 3 is 2.03 bits per heavy atom. The van der Waals surface area contributed by atoms with Crippen LogP contribution in [0.25, 0.3) is 47.7 Å². The third-order valence-electron chi connectivity index (χ3n) is 7.01. The Balaban J connectivity index is 1.47. The molecule has 5 aromatic carbocycles. The second-order valence-corrected chi connectivity index (χ2v) is 10.4. The number of aliphatic imine (C=N–C) groups is 2. The number of thiophene rings is 1. The zero-order chi connectivity index (χ0) is 26.3. The van der Waals surface area contributed by atoms with Crippen LogP contribution >= 0.6 is 11.3 Å². The molecule has 2 aromatic heterocycles. The van der Waals surface area contributed by atoms with Crippen molar-refractivity contribution < 1.29 is 0 Å². The summed E-state index contributed by atoms with van der Waals surface area (Å²) in [4.78, 5) is 9.78. The highest BCUT2D eigenvalue weighted by atomic mass is 32.1.